The Kier molecular flexibility index (Phi) is 3.83. The molecular formula is C14H14BrClN2. The van der Waals surface area contributed by atoms with E-state index in [9.17, 15) is 0 Å². The van der Waals surface area contributed by atoms with Crippen LogP contribution in [0.3, 0.4) is 0 Å². The lowest BCUT2D eigenvalue weighted by Gasteiger charge is -2.13. The van der Waals surface area contributed by atoms with Crippen LogP contribution in [0.1, 0.15) is 11.1 Å². The zero-order valence-electron chi connectivity index (χ0n) is 10.2. The topological polar surface area (TPSA) is 38.0 Å². The number of para-hydroxylation sites is 1. The number of anilines is 3. The summed E-state index contributed by atoms with van der Waals surface area (Å²) in [5.41, 5.74) is 10.6. The van der Waals surface area contributed by atoms with Gasteiger partial charge in [-0.1, -0.05) is 33.6 Å². The van der Waals surface area contributed by atoms with Gasteiger partial charge in [0, 0.05) is 10.2 Å². The minimum absolute atomic E-state index is 0.619. The van der Waals surface area contributed by atoms with Gasteiger partial charge in [-0.15, -0.1) is 0 Å². The maximum Gasteiger partial charge on any atom is 0.0807 e. The Morgan fingerprint density at radius 2 is 1.78 bits per heavy atom. The van der Waals surface area contributed by atoms with Crippen molar-refractivity contribution in [3.8, 4) is 0 Å². The van der Waals surface area contributed by atoms with Crippen LogP contribution >= 0.6 is 27.5 Å². The Hall–Kier alpha value is -1.19. The predicted octanol–water partition coefficient (Wildman–Crippen LogP) is 5.05. The van der Waals surface area contributed by atoms with Crippen LogP contribution in [0.25, 0.3) is 0 Å². The fourth-order valence-electron chi connectivity index (χ4n) is 1.84. The summed E-state index contributed by atoms with van der Waals surface area (Å²) >= 11 is 9.69. The average molecular weight is 326 g/mol. The van der Waals surface area contributed by atoms with Crippen molar-refractivity contribution in [1.82, 2.24) is 0 Å². The molecule has 0 saturated carbocycles. The summed E-state index contributed by atoms with van der Waals surface area (Å²) in [6.45, 7) is 4.11. The fraction of sp³-hybridized carbons (Fsp3) is 0.143. The van der Waals surface area contributed by atoms with E-state index in [1.54, 1.807) is 0 Å². The highest BCUT2D eigenvalue weighted by Gasteiger charge is 2.07. The Labute approximate surface area is 120 Å². The first-order valence-electron chi connectivity index (χ1n) is 5.57. The number of hydrogen-bond donors (Lipinski definition) is 2. The molecule has 2 nitrogen and oxygen atoms in total. The molecule has 2 aromatic rings. The molecule has 0 amide bonds. The van der Waals surface area contributed by atoms with Gasteiger partial charge in [0.1, 0.15) is 0 Å². The van der Waals surface area contributed by atoms with E-state index in [4.69, 9.17) is 17.3 Å². The van der Waals surface area contributed by atoms with Crippen molar-refractivity contribution in [1.29, 1.82) is 0 Å². The van der Waals surface area contributed by atoms with Crippen LogP contribution in [0, 0.1) is 13.8 Å². The number of halogens is 2. The molecule has 0 unspecified atom stereocenters. The molecule has 4 heteroatoms. The van der Waals surface area contributed by atoms with Gasteiger partial charge in [0.25, 0.3) is 0 Å². The lowest BCUT2D eigenvalue weighted by Crippen LogP contribution is -1.98. The van der Waals surface area contributed by atoms with Crippen molar-refractivity contribution >= 4 is 44.6 Å². The van der Waals surface area contributed by atoms with E-state index in [0.29, 0.717) is 10.7 Å². The number of rotatable bonds is 2. The van der Waals surface area contributed by atoms with E-state index in [1.165, 1.54) is 11.1 Å². The molecule has 0 radical (unpaired) electrons. The Morgan fingerprint density at radius 3 is 2.33 bits per heavy atom. The number of aryl methyl sites for hydroxylation is 2. The van der Waals surface area contributed by atoms with Gasteiger partial charge in [0.2, 0.25) is 0 Å². The molecule has 94 valence electrons. The molecule has 0 aliphatic carbocycles. The molecule has 0 aliphatic rings. The van der Waals surface area contributed by atoms with Gasteiger partial charge in [-0.25, -0.2) is 0 Å². The van der Waals surface area contributed by atoms with Gasteiger partial charge in [-0.05, 0) is 49.2 Å². The highest BCUT2D eigenvalue weighted by Crippen LogP contribution is 2.33. The van der Waals surface area contributed by atoms with Gasteiger partial charge >= 0.3 is 0 Å². The van der Waals surface area contributed by atoms with Crippen molar-refractivity contribution in [3.63, 3.8) is 0 Å². The zero-order valence-corrected chi connectivity index (χ0v) is 12.6. The van der Waals surface area contributed by atoms with Crippen molar-refractivity contribution in [2.75, 3.05) is 11.1 Å². The Balaban J connectivity index is 2.41. The van der Waals surface area contributed by atoms with Crippen LogP contribution in [0.15, 0.2) is 34.8 Å². The zero-order chi connectivity index (χ0) is 13.3. The van der Waals surface area contributed by atoms with Gasteiger partial charge in [-0.3, -0.25) is 0 Å². The van der Waals surface area contributed by atoms with Crippen LogP contribution in [0.5, 0.6) is 0 Å². The smallest absolute Gasteiger partial charge is 0.0807 e. The predicted molar refractivity (Wildman–Crippen MR) is 82.8 cm³/mol. The molecule has 0 bridgehead atoms. The molecule has 0 saturated heterocycles. The molecule has 0 fully saturated rings. The normalized spacial score (nSPS) is 10.4. The van der Waals surface area contributed by atoms with Crippen molar-refractivity contribution in [3.05, 3.63) is 51.0 Å². The van der Waals surface area contributed by atoms with Gasteiger partial charge in [0.15, 0.2) is 0 Å². The monoisotopic (exact) mass is 324 g/mol. The summed E-state index contributed by atoms with van der Waals surface area (Å²) in [5, 5.41) is 3.89. The highest BCUT2D eigenvalue weighted by atomic mass is 79.9. The third kappa shape index (κ3) is 2.62. The van der Waals surface area contributed by atoms with Crippen molar-refractivity contribution in [2.24, 2.45) is 0 Å². The van der Waals surface area contributed by atoms with Crippen molar-refractivity contribution < 1.29 is 0 Å². The maximum absolute atomic E-state index is 6.14. The standard InChI is InChI=1S/C14H14BrClN2/c1-8-6-10(7-9(2)13(8)15)18-14-11(16)4-3-5-12(14)17/h3-7,18H,17H2,1-2H3. The molecule has 0 heterocycles. The van der Waals surface area contributed by atoms with Crippen molar-refractivity contribution in [2.45, 2.75) is 13.8 Å². The van der Waals surface area contributed by atoms with Crippen LogP contribution in [-0.4, -0.2) is 0 Å². The number of benzene rings is 2. The SMILES string of the molecule is Cc1cc(Nc2c(N)cccc2Cl)cc(C)c1Br. The molecule has 2 rings (SSSR count). The third-order valence-electron chi connectivity index (χ3n) is 2.75. The first-order chi connectivity index (χ1) is 8.49. The molecule has 2 aromatic carbocycles. The second kappa shape index (κ2) is 5.21. The number of nitrogens with one attached hydrogen (secondary N) is 1. The van der Waals surface area contributed by atoms with Crippen LogP contribution < -0.4 is 11.1 Å². The second-order valence-corrected chi connectivity index (χ2v) is 5.45. The van der Waals surface area contributed by atoms with E-state index in [0.717, 1.165) is 15.8 Å². The number of nitrogens with two attached hydrogens (primary N) is 1. The molecule has 18 heavy (non-hydrogen) atoms. The van der Waals surface area contributed by atoms with Gasteiger partial charge < -0.3 is 11.1 Å². The molecule has 3 N–H and O–H groups in total. The molecular weight excluding hydrogens is 312 g/mol. The maximum atomic E-state index is 6.14. The Bertz CT molecular complexity index is 553. The first-order valence-corrected chi connectivity index (χ1v) is 6.74. The summed E-state index contributed by atoms with van der Waals surface area (Å²) in [6.07, 6.45) is 0. The van der Waals surface area contributed by atoms with Crippen LogP contribution in [-0.2, 0) is 0 Å². The van der Waals surface area contributed by atoms with Gasteiger partial charge in [-0.2, -0.15) is 0 Å². The lowest BCUT2D eigenvalue weighted by atomic mass is 10.1. The van der Waals surface area contributed by atoms with Crippen LogP contribution in [0.2, 0.25) is 5.02 Å². The lowest BCUT2D eigenvalue weighted by molar-refractivity contribution is 1.33. The molecule has 0 aromatic heterocycles. The minimum Gasteiger partial charge on any atom is -0.397 e. The van der Waals surface area contributed by atoms with E-state index in [2.05, 4.69) is 47.2 Å². The van der Waals surface area contributed by atoms with E-state index >= 15 is 0 Å². The summed E-state index contributed by atoms with van der Waals surface area (Å²) in [7, 11) is 0. The quantitative estimate of drug-likeness (QED) is 0.759. The average Bonchev–Trinajstić information content (AvgIpc) is 2.31. The van der Waals surface area contributed by atoms with E-state index in [-0.39, 0.29) is 0 Å². The Morgan fingerprint density at radius 1 is 1.17 bits per heavy atom. The summed E-state index contributed by atoms with van der Waals surface area (Å²) < 4.78 is 1.13. The molecule has 0 spiro atoms. The number of nitrogen functional groups attached to an aromatic ring is 1. The summed E-state index contributed by atoms with van der Waals surface area (Å²) in [4.78, 5) is 0. The van der Waals surface area contributed by atoms with Crippen LogP contribution in [0.4, 0.5) is 17.1 Å². The van der Waals surface area contributed by atoms with E-state index in [1.807, 2.05) is 18.2 Å². The minimum atomic E-state index is 0.619. The fourth-order valence-corrected chi connectivity index (χ4v) is 2.29. The molecule has 0 atom stereocenters. The number of hydrogen-bond acceptors (Lipinski definition) is 2. The third-order valence-corrected chi connectivity index (χ3v) is 4.32. The summed E-state index contributed by atoms with van der Waals surface area (Å²) in [5.74, 6) is 0. The van der Waals surface area contributed by atoms with E-state index < -0.39 is 0 Å². The highest BCUT2D eigenvalue weighted by molar-refractivity contribution is 9.10. The summed E-state index contributed by atoms with van der Waals surface area (Å²) in [6, 6.07) is 9.59. The van der Waals surface area contributed by atoms with Gasteiger partial charge in [0.05, 0.1) is 16.4 Å². The second-order valence-electron chi connectivity index (χ2n) is 4.25. The first kappa shape index (κ1) is 13.2. The largest absolute Gasteiger partial charge is 0.397 e. The molecule has 0 aliphatic heterocycles.